The molecule has 0 radical (unpaired) electrons. The number of aromatic nitrogens is 2. The van der Waals surface area contributed by atoms with E-state index in [1.165, 1.54) is 11.3 Å². The highest BCUT2D eigenvalue weighted by atomic mass is 32.1. The molecule has 0 aliphatic carbocycles. The van der Waals surface area contributed by atoms with Crippen LogP contribution in [0.5, 0.6) is 0 Å². The highest BCUT2D eigenvalue weighted by molar-refractivity contribution is 7.13. The summed E-state index contributed by atoms with van der Waals surface area (Å²) in [5, 5.41) is 13.5. The molecule has 0 saturated carbocycles. The number of nitrogens with zero attached hydrogens (tertiary/aromatic N) is 2. The highest BCUT2D eigenvalue weighted by Crippen LogP contribution is 2.12. The summed E-state index contributed by atoms with van der Waals surface area (Å²) in [5.74, 6) is -0.181. The maximum atomic E-state index is 11.7. The van der Waals surface area contributed by atoms with Crippen LogP contribution >= 0.6 is 11.3 Å². The zero-order valence-electron chi connectivity index (χ0n) is 8.60. The molecule has 0 fully saturated rings. The fourth-order valence-corrected chi connectivity index (χ4v) is 1.63. The van der Waals surface area contributed by atoms with Crippen LogP contribution in [0.4, 0.5) is 10.8 Å². The van der Waals surface area contributed by atoms with Crippen LogP contribution in [0, 0.1) is 0 Å². The van der Waals surface area contributed by atoms with Gasteiger partial charge in [0.05, 0.1) is 0 Å². The van der Waals surface area contributed by atoms with Crippen molar-refractivity contribution in [1.82, 2.24) is 10.2 Å². The molecule has 0 unspecified atom stereocenters. The number of nitrogens with one attached hydrogen (secondary N) is 2. The molecule has 2 N–H and O–H groups in total. The summed E-state index contributed by atoms with van der Waals surface area (Å²) in [7, 11) is 1.83. The van der Waals surface area contributed by atoms with Gasteiger partial charge in [0.1, 0.15) is 5.51 Å². The highest BCUT2D eigenvalue weighted by Gasteiger charge is 2.07. The first kappa shape index (κ1) is 10.6. The van der Waals surface area contributed by atoms with Gasteiger partial charge in [-0.1, -0.05) is 11.3 Å². The number of benzene rings is 1. The molecule has 82 valence electrons. The van der Waals surface area contributed by atoms with Crippen LogP contribution in [-0.4, -0.2) is 23.2 Å². The molecule has 1 amide bonds. The van der Waals surface area contributed by atoms with Gasteiger partial charge in [0.15, 0.2) is 0 Å². The van der Waals surface area contributed by atoms with Crippen molar-refractivity contribution in [3.63, 3.8) is 0 Å². The van der Waals surface area contributed by atoms with E-state index < -0.39 is 0 Å². The van der Waals surface area contributed by atoms with E-state index in [1.807, 2.05) is 19.2 Å². The van der Waals surface area contributed by atoms with Crippen LogP contribution in [0.3, 0.4) is 0 Å². The van der Waals surface area contributed by atoms with Crippen LogP contribution in [0.15, 0.2) is 29.8 Å². The van der Waals surface area contributed by atoms with E-state index in [4.69, 9.17) is 0 Å². The molecule has 1 aromatic heterocycles. The molecule has 16 heavy (non-hydrogen) atoms. The molecule has 0 aliphatic rings. The molecule has 2 aromatic rings. The van der Waals surface area contributed by atoms with Gasteiger partial charge in [-0.2, -0.15) is 0 Å². The molecule has 5 nitrogen and oxygen atoms in total. The van der Waals surface area contributed by atoms with Gasteiger partial charge >= 0.3 is 0 Å². The zero-order valence-corrected chi connectivity index (χ0v) is 9.41. The lowest BCUT2D eigenvalue weighted by atomic mass is 10.2. The summed E-state index contributed by atoms with van der Waals surface area (Å²) in [5.41, 5.74) is 3.13. The average Bonchev–Trinajstić information content (AvgIpc) is 2.82. The smallest absolute Gasteiger partial charge is 0.257 e. The summed E-state index contributed by atoms with van der Waals surface area (Å²) < 4.78 is 0. The van der Waals surface area contributed by atoms with E-state index in [2.05, 4.69) is 20.8 Å². The van der Waals surface area contributed by atoms with Gasteiger partial charge in [-0.15, -0.1) is 10.2 Å². The molecule has 1 aromatic carbocycles. The standard InChI is InChI=1S/C10H10N4OS/c1-11-8-4-2-7(3-5-8)9(15)13-10-14-12-6-16-10/h2-6,11H,1H3,(H,13,14,15). The molecule has 1 heterocycles. The van der Waals surface area contributed by atoms with Crippen LogP contribution < -0.4 is 10.6 Å². The summed E-state index contributed by atoms with van der Waals surface area (Å²) >= 11 is 1.29. The molecule has 0 spiro atoms. The Balaban J connectivity index is 2.09. The third-order valence-corrected chi connectivity index (χ3v) is 2.62. The van der Waals surface area contributed by atoms with Gasteiger partial charge in [-0.3, -0.25) is 10.1 Å². The maximum Gasteiger partial charge on any atom is 0.257 e. The number of hydrogen-bond acceptors (Lipinski definition) is 5. The predicted molar refractivity (Wildman–Crippen MR) is 63.9 cm³/mol. The Morgan fingerprint density at radius 2 is 2.06 bits per heavy atom. The molecular weight excluding hydrogens is 224 g/mol. The summed E-state index contributed by atoms with van der Waals surface area (Å²) in [4.78, 5) is 11.7. The monoisotopic (exact) mass is 234 g/mol. The Morgan fingerprint density at radius 1 is 1.31 bits per heavy atom. The average molecular weight is 234 g/mol. The first-order valence-electron chi connectivity index (χ1n) is 4.65. The van der Waals surface area contributed by atoms with E-state index in [9.17, 15) is 4.79 Å². The fourth-order valence-electron chi connectivity index (χ4n) is 1.19. The van der Waals surface area contributed by atoms with Gasteiger partial charge in [0, 0.05) is 18.3 Å². The second kappa shape index (κ2) is 4.71. The Morgan fingerprint density at radius 3 is 2.62 bits per heavy atom. The molecule has 6 heteroatoms. The van der Waals surface area contributed by atoms with Crippen molar-refractivity contribution in [3.8, 4) is 0 Å². The minimum absolute atomic E-state index is 0.181. The van der Waals surface area contributed by atoms with Crippen molar-refractivity contribution in [3.05, 3.63) is 35.3 Å². The van der Waals surface area contributed by atoms with Gasteiger partial charge in [0.2, 0.25) is 5.13 Å². The number of rotatable bonds is 3. The Hall–Kier alpha value is -1.95. The van der Waals surface area contributed by atoms with Gasteiger partial charge in [-0.25, -0.2) is 0 Å². The molecule has 0 aliphatic heterocycles. The lowest BCUT2D eigenvalue weighted by molar-refractivity contribution is 0.102. The van der Waals surface area contributed by atoms with E-state index in [1.54, 1.807) is 17.6 Å². The third-order valence-electron chi connectivity index (χ3n) is 2.02. The third kappa shape index (κ3) is 2.34. The van der Waals surface area contributed by atoms with Crippen LogP contribution in [-0.2, 0) is 0 Å². The van der Waals surface area contributed by atoms with Crippen molar-refractivity contribution >= 4 is 28.1 Å². The number of carbonyl (C=O) groups is 1. The Bertz CT molecular complexity index is 466. The second-order valence-corrected chi connectivity index (χ2v) is 3.86. The molecule has 0 saturated heterocycles. The second-order valence-electron chi connectivity index (χ2n) is 3.03. The minimum atomic E-state index is -0.181. The van der Waals surface area contributed by atoms with Crippen LogP contribution in [0.25, 0.3) is 0 Å². The van der Waals surface area contributed by atoms with E-state index in [-0.39, 0.29) is 5.91 Å². The van der Waals surface area contributed by atoms with Crippen molar-refractivity contribution in [2.24, 2.45) is 0 Å². The van der Waals surface area contributed by atoms with Crippen LogP contribution in [0.2, 0.25) is 0 Å². The SMILES string of the molecule is CNc1ccc(C(=O)Nc2nncs2)cc1. The van der Waals surface area contributed by atoms with Gasteiger partial charge < -0.3 is 5.32 Å². The fraction of sp³-hybridized carbons (Fsp3) is 0.100. The summed E-state index contributed by atoms with van der Waals surface area (Å²) in [6.45, 7) is 0. The normalized spacial score (nSPS) is 9.81. The first-order chi connectivity index (χ1) is 7.79. The Kier molecular flexibility index (Phi) is 3.11. The zero-order chi connectivity index (χ0) is 11.4. The first-order valence-corrected chi connectivity index (χ1v) is 5.53. The quantitative estimate of drug-likeness (QED) is 0.850. The van der Waals surface area contributed by atoms with Gasteiger partial charge in [-0.05, 0) is 24.3 Å². The topological polar surface area (TPSA) is 66.9 Å². The van der Waals surface area contributed by atoms with E-state index in [0.717, 1.165) is 5.69 Å². The number of amides is 1. The van der Waals surface area contributed by atoms with E-state index in [0.29, 0.717) is 10.7 Å². The minimum Gasteiger partial charge on any atom is -0.388 e. The lowest BCUT2D eigenvalue weighted by Gasteiger charge is -2.03. The Labute approximate surface area is 96.5 Å². The predicted octanol–water partition coefficient (Wildman–Crippen LogP) is 1.83. The maximum absolute atomic E-state index is 11.7. The molecule has 2 rings (SSSR count). The number of anilines is 2. The molecule has 0 atom stereocenters. The van der Waals surface area contributed by atoms with Gasteiger partial charge in [0.25, 0.3) is 5.91 Å². The summed E-state index contributed by atoms with van der Waals surface area (Å²) in [6, 6.07) is 7.19. The van der Waals surface area contributed by atoms with E-state index >= 15 is 0 Å². The number of hydrogen-bond donors (Lipinski definition) is 2. The molecule has 0 bridgehead atoms. The lowest BCUT2D eigenvalue weighted by Crippen LogP contribution is -2.11. The number of carbonyl (C=O) groups excluding carboxylic acids is 1. The van der Waals surface area contributed by atoms with Crippen molar-refractivity contribution in [2.45, 2.75) is 0 Å². The molecular formula is C10H10N4OS. The van der Waals surface area contributed by atoms with Crippen LogP contribution in [0.1, 0.15) is 10.4 Å². The van der Waals surface area contributed by atoms with Crippen molar-refractivity contribution in [1.29, 1.82) is 0 Å². The van der Waals surface area contributed by atoms with Crippen molar-refractivity contribution in [2.75, 3.05) is 17.7 Å². The van der Waals surface area contributed by atoms with Crippen molar-refractivity contribution < 1.29 is 4.79 Å². The largest absolute Gasteiger partial charge is 0.388 e. The summed E-state index contributed by atoms with van der Waals surface area (Å²) in [6.07, 6.45) is 0.